The third-order valence-electron chi connectivity index (χ3n) is 3.01. The summed E-state index contributed by atoms with van der Waals surface area (Å²) < 4.78 is 0. The van der Waals surface area contributed by atoms with Crippen LogP contribution in [0.3, 0.4) is 0 Å². The van der Waals surface area contributed by atoms with Gasteiger partial charge in [0.25, 0.3) is 0 Å². The molecule has 0 bridgehead atoms. The van der Waals surface area contributed by atoms with Gasteiger partial charge in [-0.05, 0) is 31.0 Å². The lowest BCUT2D eigenvalue weighted by Crippen LogP contribution is -2.21. The van der Waals surface area contributed by atoms with Gasteiger partial charge in [0.2, 0.25) is 0 Å². The van der Waals surface area contributed by atoms with Crippen molar-refractivity contribution in [2.75, 3.05) is 6.54 Å². The maximum absolute atomic E-state index is 9.23. The minimum atomic E-state index is 0.0361. The molecule has 0 amide bonds. The lowest BCUT2D eigenvalue weighted by atomic mass is 10.0. The van der Waals surface area contributed by atoms with E-state index in [1.54, 1.807) is 6.20 Å². The quantitative estimate of drug-likeness (QED) is 0.775. The first-order chi connectivity index (χ1) is 7.42. The molecular weight excluding hydrogens is 188 g/mol. The van der Waals surface area contributed by atoms with Gasteiger partial charge in [-0.1, -0.05) is 18.9 Å². The fraction of sp³-hybridized carbons (Fsp3) is 0.583. The Morgan fingerprint density at radius 3 is 3.20 bits per heavy atom. The van der Waals surface area contributed by atoms with Crippen LogP contribution >= 0.6 is 0 Å². The maximum atomic E-state index is 9.23. The fourth-order valence-electron chi connectivity index (χ4n) is 2.19. The first kappa shape index (κ1) is 10.6. The van der Waals surface area contributed by atoms with Gasteiger partial charge in [0.1, 0.15) is 0 Å². The zero-order chi connectivity index (χ0) is 10.5. The predicted molar refractivity (Wildman–Crippen MR) is 59.4 cm³/mol. The fourth-order valence-corrected chi connectivity index (χ4v) is 2.19. The summed E-state index contributed by atoms with van der Waals surface area (Å²) in [5.41, 5.74) is 1.99. The number of aliphatic hydroxyl groups is 1. The molecule has 1 saturated heterocycles. The molecule has 3 nitrogen and oxygen atoms in total. The predicted octanol–water partition coefficient (Wildman–Crippen LogP) is 1.78. The number of nitrogens with one attached hydrogen (secondary N) is 1. The molecule has 1 aliphatic heterocycles. The van der Waals surface area contributed by atoms with Gasteiger partial charge in [-0.3, -0.25) is 4.98 Å². The van der Waals surface area contributed by atoms with Crippen LogP contribution in [0.2, 0.25) is 0 Å². The highest BCUT2D eigenvalue weighted by Crippen LogP contribution is 2.24. The van der Waals surface area contributed by atoms with Crippen molar-refractivity contribution >= 4 is 0 Å². The third kappa shape index (κ3) is 2.55. The summed E-state index contributed by atoms with van der Waals surface area (Å²) in [4.78, 5) is 4.21. The van der Waals surface area contributed by atoms with E-state index in [2.05, 4.69) is 16.4 Å². The van der Waals surface area contributed by atoms with Gasteiger partial charge in [-0.15, -0.1) is 0 Å². The van der Waals surface area contributed by atoms with Gasteiger partial charge in [0.15, 0.2) is 0 Å². The van der Waals surface area contributed by atoms with Crippen molar-refractivity contribution in [1.82, 2.24) is 10.3 Å². The van der Waals surface area contributed by atoms with Crippen LogP contribution in [0.1, 0.15) is 43.0 Å². The molecule has 0 saturated carbocycles. The van der Waals surface area contributed by atoms with Crippen LogP contribution in [-0.4, -0.2) is 16.6 Å². The second-order valence-electron chi connectivity index (χ2n) is 4.05. The number of pyridine rings is 1. The van der Waals surface area contributed by atoms with Gasteiger partial charge in [-0.25, -0.2) is 0 Å². The summed E-state index contributed by atoms with van der Waals surface area (Å²) in [6.45, 7) is 1.11. The topological polar surface area (TPSA) is 45.2 Å². The molecule has 1 unspecified atom stereocenters. The lowest BCUT2D eigenvalue weighted by molar-refractivity contribution is 0.273. The van der Waals surface area contributed by atoms with Crippen molar-refractivity contribution < 1.29 is 5.11 Å². The van der Waals surface area contributed by atoms with Crippen LogP contribution in [-0.2, 0) is 6.61 Å². The van der Waals surface area contributed by atoms with Crippen LogP contribution in [0.5, 0.6) is 0 Å². The Balaban J connectivity index is 2.18. The molecule has 2 rings (SSSR count). The van der Waals surface area contributed by atoms with Crippen LogP contribution in [0.15, 0.2) is 18.3 Å². The summed E-state index contributed by atoms with van der Waals surface area (Å²) >= 11 is 0. The minimum absolute atomic E-state index is 0.0361. The Morgan fingerprint density at radius 1 is 1.40 bits per heavy atom. The van der Waals surface area contributed by atoms with Crippen LogP contribution < -0.4 is 5.32 Å². The summed E-state index contributed by atoms with van der Waals surface area (Å²) in [5, 5.41) is 12.8. The molecule has 0 spiro atoms. The molecule has 1 atom stereocenters. The summed E-state index contributed by atoms with van der Waals surface area (Å²) in [5.74, 6) is 0. The molecule has 0 radical (unpaired) electrons. The number of aliphatic hydroxyl groups excluding tert-OH is 1. The van der Waals surface area contributed by atoms with E-state index in [9.17, 15) is 5.11 Å². The number of aromatic nitrogens is 1. The average Bonchev–Trinajstić information content (AvgIpc) is 2.57. The van der Waals surface area contributed by atoms with Crippen molar-refractivity contribution in [2.45, 2.75) is 38.3 Å². The Hall–Kier alpha value is -0.930. The molecule has 3 heteroatoms. The number of hydrogen-bond acceptors (Lipinski definition) is 3. The van der Waals surface area contributed by atoms with E-state index in [0.29, 0.717) is 6.04 Å². The molecule has 1 aliphatic rings. The average molecular weight is 206 g/mol. The van der Waals surface area contributed by atoms with E-state index in [4.69, 9.17) is 0 Å². The van der Waals surface area contributed by atoms with Gasteiger partial charge < -0.3 is 10.4 Å². The highest BCUT2D eigenvalue weighted by molar-refractivity contribution is 5.23. The largest absolute Gasteiger partial charge is 0.390 e. The molecule has 1 aromatic heterocycles. The van der Waals surface area contributed by atoms with E-state index < -0.39 is 0 Å². The van der Waals surface area contributed by atoms with E-state index >= 15 is 0 Å². The van der Waals surface area contributed by atoms with Crippen molar-refractivity contribution in [2.24, 2.45) is 0 Å². The van der Waals surface area contributed by atoms with Gasteiger partial charge in [-0.2, -0.15) is 0 Å². The molecular formula is C12H18N2O. The molecule has 15 heavy (non-hydrogen) atoms. The second kappa shape index (κ2) is 5.24. The van der Waals surface area contributed by atoms with E-state index in [0.717, 1.165) is 18.7 Å². The van der Waals surface area contributed by atoms with Crippen LogP contribution in [0, 0.1) is 0 Å². The molecule has 2 heterocycles. The Labute approximate surface area is 90.5 Å². The highest BCUT2D eigenvalue weighted by atomic mass is 16.3. The lowest BCUT2D eigenvalue weighted by Gasteiger charge is -2.18. The van der Waals surface area contributed by atoms with Crippen LogP contribution in [0.25, 0.3) is 0 Å². The Morgan fingerprint density at radius 2 is 2.33 bits per heavy atom. The van der Waals surface area contributed by atoms with Crippen molar-refractivity contribution in [3.63, 3.8) is 0 Å². The second-order valence-corrected chi connectivity index (χ2v) is 4.05. The van der Waals surface area contributed by atoms with Crippen molar-refractivity contribution in [3.05, 3.63) is 29.6 Å². The highest BCUT2D eigenvalue weighted by Gasteiger charge is 2.16. The molecule has 1 aromatic rings. The van der Waals surface area contributed by atoms with Gasteiger partial charge in [0.05, 0.1) is 12.3 Å². The summed E-state index contributed by atoms with van der Waals surface area (Å²) in [7, 11) is 0. The molecule has 0 aliphatic carbocycles. The number of nitrogens with zero attached hydrogens (tertiary/aromatic N) is 1. The Bertz CT molecular complexity index is 306. The van der Waals surface area contributed by atoms with Crippen LogP contribution in [0.4, 0.5) is 0 Å². The van der Waals surface area contributed by atoms with E-state index in [1.807, 2.05) is 6.07 Å². The molecule has 0 aromatic carbocycles. The first-order valence-corrected chi connectivity index (χ1v) is 5.70. The zero-order valence-electron chi connectivity index (χ0n) is 8.95. The minimum Gasteiger partial charge on any atom is -0.390 e. The smallest absolute Gasteiger partial charge is 0.0856 e. The van der Waals surface area contributed by atoms with Crippen molar-refractivity contribution in [1.29, 1.82) is 0 Å². The third-order valence-corrected chi connectivity index (χ3v) is 3.01. The standard InChI is InChI=1S/C12H18N2O/c15-9-12-10(5-4-8-14-12)11-6-2-1-3-7-13-11/h4-5,8,11,13,15H,1-3,6-7,9H2. The van der Waals surface area contributed by atoms with E-state index in [-0.39, 0.29) is 6.61 Å². The van der Waals surface area contributed by atoms with Gasteiger partial charge in [0, 0.05) is 12.2 Å². The van der Waals surface area contributed by atoms with Gasteiger partial charge >= 0.3 is 0 Å². The number of rotatable bonds is 2. The van der Waals surface area contributed by atoms with E-state index in [1.165, 1.54) is 24.8 Å². The monoisotopic (exact) mass is 206 g/mol. The molecule has 1 fully saturated rings. The normalized spacial score (nSPS) is 22.3. The number of hydrogen-bond donors (Lipinski definition) is 2. The summed E-state index contributed by atoms with van der Waals surface area (Å²) in [6.07, 6.45) is 6.71. The molecule has 82 valence electrons. The maximum Gasteiger partial charge on any atom is 0.0856 e. The molecule has 2 N–H and O–H groups in total. The summed E-state index contributed by atoms with van der Waals surface area (Å²) in [6, 6.07) is 4.39. The Kier molecular flexibility index (Phi) is 3.69. The first-order valence-electron chi connectivity index (χ1n) is 5.70. The van der Waals surface area contributed by atoms with Crippen molar-refractivity contribution in [3.8, 4) is 0 Å². The SMILES string of the molecule is OCc1ncccc1C1CCCCCN1. The zero-order valence-corrected chi connectivity index (χ0v) is 8.95.